The Kier molecular flexibility index (Phi) is 2.94. The molecular formula is C18H15N3O2. The Morgan fingerprint density at radius 1 is 1.04 bits per heavy atom. The van der Waals surface area contributed by atoms with Crippen LogP contribution >= 0.6 is 0 Å². The lowest BCUT2D eigenvalue weighted by Crippen LogP contribution is -2.51. The third kappa shape index (κ3) is 2.01. The largest absolute Gasteiger partial charge is 0.350 e. The maximum Gasteiger partial charge on any atom is 0.286 e. The van der Waals surface area contributed by atoms with Crippen LogP contribution < -0.4 is 5.43 Å². The highest BCUT2D eigenvalue weighted by Crippen LogP contribution is 2.38. The molecule has 0 saturated carbocycles. The second-order valence-corrected chi connectivity index (χ2v) is 5.60. The predicted molar refractivity (Wildman–Crippen MR) is 86.6 cm³/mol. The Morgan fingerprint density at radius 2 is 1.74 bits per heavy atom. The second-order valence-electron chi connectivity index (χ2n) is 5.60. The molecule has 3 aromatic rings. The molecule has 0 fully saturated rings. The van der Waals surface area contributed by atoms with E-state index in [0.29, 0.717) is 5.69 Å². The first-order chi connectivity index (χ1) is 11.2. The van der Waals surface area contributed by atoms with Gasteiger partial charge in [-0.2, -0.15) is 0 Å². The van der Waals surface area contributed by atoms with Crippen LogP contribution in [0.1, 0.15) is 34.6 Å². The summed E-state index contributed by atoms with van der Waals surface area (Å²) in [4.78, 5) is 27.7. The molecule has 0 spiro atoms. The molecule has 23 heavy (non-hydrogen) atoms. The van der Waals surface area contributed by atoms with Crippen molar-refractivity contribution >= 4 is 22.7 Å². The van der Waals surface area contributed by atoms with E-state index in [2.05, 4.69) is 10.4 Å². The molecule has 0 radical (unpaired) electrons. The van der Waals surface area contributed by atoms with Crippen LogP contribution in [0.3, 0.4) is 0 Å². The van der Waals surface area contributed by atoms with E-state index < -0.39 is 0 Å². The first-order valence-electron chi connectivity index (χ1n) is 7.43. The average molecular weight is 305 g/mol. The van der Waals surface area contributed by atoms with E-state index in [1.807, 2.05) is 54.6 Å². The maximum absolute atomic E-state index is 12.4. The van der Waals surface area contributed by atoms with E-state index in [9.17, 15) is 9.59 Å². The fourth-order valence-electron chi connectivity index (χ4n) is 3.20. The first-order valence-corrected chi connectivity index (χ1v) is 7.43. The van der Waals surface area contributed by atoms with Crippen molar-refractivity contribution in [3.05, 3.63) is 71.4 Å². The zero-order valence-corrected chi connectivity index (χ0v) is 12.5. The Morgan fingerprint density at radius 3 is 2.48 bits per heavy atom. The third-order valence-electron chi connectivity index (χ3n) is 4.18. The van der Waals surface area contributed by atoms with E-state index in [-0.39, 0.29) is 17.9 Å². The summed E-state index contributed by atoms with van der Waals surface area (Å²) in [6, 6.07) is 17.1. The summed E-state index contributed by atoms with van der Waals surface area (Å²) in [7, 11) is 0. The van der Waals surface area contributed by atoms with Gasteiger partial charge in [0.15, 0.2) is 0 Å². The van der Waals surface area contributed by atoms with Crippen LogP contribution in [0.5, 0.6) is 0 Å². The van der Waals surface area contributed by atoms with E-state index in [0.717, 1.165) is 22.0 Å². The molecule has 2 amide bonds. The fraction of sp³-hybridized carbons (Fsp3) is 0.111. The highest BCUT2D eigenvalue weighted by Gasteiger charge is 2.37. The molecule has 0 aliphatic carbocycles. The fourth-order valence-corrected chi connectivity index (χ4v) is 3.20. The summed E-state index contributed by atoms with van der Waals surface area (Å²) in [5, 5.41) is 2.36. The number of nitrogens with one attached hydrogen (secondary N) is 2. The minimum Gasteiger partial charge on any atom is -0.350 e. The normalized spacial score (nSPS) is 17.0. The summed E-state index contributed by atoms with van der Waals surface area (Å²) in [5.41, 5.74) is 5.89. The molecule has 5 heteroatoms. The van der Waals surface area contributed by atoms with E-state index >= 15 is 0 Å². The summed E-state index contributed by atoms with van der Waals surface area (Å²) in [5.74, 6) is -0.498. The number of rotatable bonds is 1. The maximum atomic E-state index is 12.4. The van der Waals surface area contributed by atoms with Gasteiger partial charge < -0.3 is 4.98 Å². The van der Waals surface area contributed by atoms with Gasteiger partial charge in [0.1, 0.15) is 11.7 Å². The lowest BCUT2D eigenvalue weighted by atomic mass is 9.93. The Hall–Kier alpha value is -3.08. The zero-order valence-electron chi connectivity index (χ0n) is 12.5. The molecule has 1 atom stereocenters. The Bertz CT molecular complexity index is 914. The molecule has 1 aliphatic heterocycles. The number of benzene rings is 2. The van der Waals surface area contributed by atoms with Gasteiger partial charge in [0, 0.05) is 23.4 Å². The van der Waals surface area contributed by atoms with Crippen LogP contribution in [-0.2, 0) is 4.79 Å². The summed E-state index contributed by atoms with van der Waals surface area (Å²) in [6.45, 7) is 1.45. The standard InChI is InChI=1S/C18H15N3O2/c1-11(22)21-17(12-7-3-2-4-8-12)15-13-9-5-6-10-14(13)19-16(15)18(23)20-21/h2-10,17,19H,1H3,(H,20,23). The molecule has 5 nitrogen and oxygen atoms in total. The zero-order chi connectivity index (χ0) is 16.0. The number of hydrogen-bond donors (Lipinski definition) is 2. The molecule has 0 bridgehead atoms. The van der Waals surface area contributed by atoms with Gasteiger partial charge in [-0.05, 0) is 11.6 Å². The Labute approximate surface area is 132 Å². The third-order valence-corrected chi connectivity index (χ3v) is 4.18. The van der Waals surface area contributed by atoms with Crippen molar-refractivity contribution in [2.45, 2.75) is 13.0 Å². The van der Waals surface area contributed by atoms with E-state index in [4.69, 9.17) is 0 Å². The molecule has 0 saturated heterocycles. The SMILES string of the molecule is CC(=O)N1NC(=O)c2[nH]c3ccccc3c2C1c1ccccc1. The van der Waals surface area contributed by atoms with E-state index in [1.165, 1.54) is 11.9 Å². The van der Waals surface area contributed by atoms with Crippen LogP contribution in [0.15, 0.2) is 54.6 Å². The Balaban J connectivity index is 2.03. The molecular weight excluding hydrogens is 290 g/mol. The molecule has 2 heterocycles. The number of para-hydroxylation sites is 1. The number of fused-ring (bicyclic) bond motifs is 3. The second kappa shape index (κ2) is 4.98. The van der Waals surface area contributed by atoms with Crippen molar-refractivity contribution in [3.63, 3.8) is 0 Å². The van der Waals surface area contributed by atoms with E-state index in [1.54, 1.807) is 0 Å². The molecule has 4 rings (SSSR count). The minimum absolute atomic E-state index is 0.205. The van der Waals surface area contributed by atoms with Gasteiger partial charge in [0.2, 0.25) is 5.91 Å². The number of hydrogen-bond acceptors (Lipinski definition) is 2. The minimum atomic E-state index is -0.349. The molecule has 1 aromatic heterocycles. The summed E-state index contributed by atoms with van der Waals surface area (Å²) >= 11 is 0. The van der Waals surface area contributed by atoms with Crippen LogP contribution in [0.25, 0.3) is 10.9 Å². The van der Waals surface area contributed by atoms with Gasteiger partial charge in [0.25, 0.3) is 5.91 Å². The number of carbonyl (C=O) groups is 2. The number of aromatic nitrogens is 1. The van der Waals surface area contributed by atoms with Crippen molar-refractivity contribution in [1.29, 1.82) is 0 Å². The van der Waals surface area contributed by atoms with Gasteiger partial charge in [-0.15, -0.1) is 0 Å². The quantitative estimate of drug-likeness (QED) is 0.726. The average Bonchev–Trinajstić information content (AvgIpc) is 2.96. The van der Waals surface area contributed by atoms with Gasteiger partial charge in [-0.25, -0.2) is 5.01 Å². The van der Waals surface area contributed by atoms with Crippen molar-refractivity contribution < 1.29 is 9.59 Å². The highest BCUT2D eigenvalue weighted by molar-refractivity contribution is 6.04. The van der Waals surface area contributed by atoms with Crippen LogP contribution in [0.2, 0.25) is 0 Å². The van der Waals surface area contributed by atoms with Gasteiger partial charge >= 0.3 is 0 Å². The van der Waals surface area contributed by atoms with Crippen LogP contribution in [-0.4, -0.2) is 21.8 Å². The van der Waals surface area contributed by atoms with Crippen molar-refractivity contribution in [1.82, 2.24) is 15.4 Å². The lowest BCUT2D eigenvalue weighted by Gasteiger charge is -2.35. The highest BCUT2D eigenvalue weighted by atomic mass is 16.2. The first kappa shape index (κ1) is 13.6. The molecule has 2 N–H and O–H groups in total. The topological polar surface area (TPSA) is 65.2 Å². The van der Waals surface area contributed by atoms with Crippen molar-refractivity contribution in [2.24, 2.45) is 0 Å². The van der Waals surface area contributed by atoms with Gasteiger partial charge in [0.05, 0.1) is 0 Å². The van der Waals surface area contributed by atoms with Crippen molar-refractivity contribution in [2.75, 3.05) is 0 Å². The number of carbonyl (C=O) groups excluding carboxylic acids is 2. The molecule has 1 aliphatic rings. The molecule has 2 aromatic carbocycles. The van der Waals surface area contributed by atoms with Crippen LogP contribution in [0, 0.1) is 0 Å². The predicted octanol–water partition coefficient (Wildman–Crippen LogP) is 2.76. The lowest BCUT2D eigenvalue weighted by molar-refractivity contribution is -0.133. The van der Waals surface area contributed by atoms with Gasteiger partial charge in [-0.3, -0.25) is 15.0 Å². The summed E-state index contributed by atoms with van der Waals surface area (Å²) in [6.07, 6.45) is 0. The van der Waals surface area contributed by atoms with Crippen LogP contribution in [0.4, 0.5) is 0 Å². The number of H-pyrrole nitrogens is 1. The van der Waals surface area contributed by atoms with Gasteiger partial charge in [-0.1, -0.05) is 48.5 Å². The smallest absolute Gasteiger partial charge is 0.286 e. The summed E-state index contributed by atoms with van der Waals surface area (Å²) < 4.78 is 0. The van der Waals surface area contributed by atoms with Crippen molar-refractivity contribution in [3.8, 4) is 0 Å². The number of hydrazine groups is 1. The molecule has 114 valence electrons. The monoisotopic (exact) mass is 305 g/mol. The number of aromatic amines is 1. The number of amides is 2. The molecule has 1 unspecified atom stereocenters. The number of nitrogens with zero attached hydrogens (tertiary/aromatic N) is 1.